The van der Waals surface area contributed by atoms with E-state index in [2.05, 4.69) is 51.1 Å². The fraction of sp³-hybridized carbons (Fsp3) is 0.520. The van der Waals surface area contributed by atoms with Crippen LogP contribution in [0.1, 0.15) is 78.7 Å². The lowest BCUT2D eigenvalue weighted by molar-refractivity contribution is 0.218. The molecule has 0 bridgehead atoms. The van der Waals surface area contributed by atoms with Crippen molar-refractivity contribution in [3.05, 3.63) is 53.1 Å². The molecular formula is C25H37NO. The van der Waals surface area contributed by atoms with Gasteiger partial charge in [-0.25, -0.2) is 0 Å². The van der Waals surface area contributed by atoms with E-state index in [0.717, 1.165) is 24.5 Å². The van der Waals surface area contributed by atoms with Crippen LogP contribution in [0.2, 0.25) is 0 Å². The Balaban J connectivity index is 0.00000126. The van der Waals surface area contributed by atoms with Gasteiger partial charge in [-0.05, 0) is 80.2 Å². The molecule has 148 valence electrons. The number of hydrogen-bond acceptors (Lipinski definition) is 2. The van der Waals surface area contributed by atoms with E-state index in [1.165, 1.54) is 42.4 Å². The second-order valence-corrected chi connectivity index (χ2v) is 7.60. The topological polar surface area (TPSA) is 35.2 Å². The number of ether oxygens (including phenoxy) is 1. The standard InChI is InChI=1S/C23H31NO.C2H6/c1-4-17(3)25-23-15-21(13-14-22(23)24)20-11-9-19(10-12-20)18-7-5-16(2)6-8-18;1-2/h9,11-17H,4-8,10,24H2,1-3H3;1-2H3. The molecule has 0 saturated heterocycles. The van der Waals surface area contributed by atoms with E-state index in [4.69, 9.17) is 10.5 Å². The third kappa shape index (κ3) is 5.76. The summed E-state index contributed by atoms with van der Waals surface area (Å²) in [6.07, 6.45) is 14.4. The molecule has 1 unspecified atom stereocenters. The van der Waals surface area contributed by atoms with Crippen molar-refractivity contribution in [1.82, 2.24) is 0 Å². The molecule has 1 atom stereocenters. The van der Waals surface area contributed by atoms with Crippen molar-refractivity contribution in [1.29, 1.82) is 0 Å². The Morgan fingerprint density at radius 2 is 1.85 bits per heavy atom. The molecule has 3 rings (SSSR count). The average molecular weight is 368 g/mol. The van der Waals surface area contributed by atoms with Crippen LogP contribution < -0.4 is 10.5 Å². The highest BCUT2D eigenvalue weighted by atomic mass is 16.5. The van der Waals surface area contributed by atoms with Crippen LogP contribution in [0, 0.1) is 5.92 Å². The molecule has 2 heteroatoms. The summed E-state index contributed by atoms with van der Waals surface area (Å²) in [4.78, 5) is 0. The van der Waals surface area contributed by atoms with E-state index in [0.29, 0.717) is 5.69 Å². The van der Waals surface area contributed by atoms with Crippen molar-refractivity contribution in [3.8, 4) is 5.75 Å². The van der Waals surface area contributed by atoms with Crippen molar-refractivity contribution in [2.45, 2.75) is 79.2 Å². The first-order valence-corrected chi connectivity index (χ1v) is 10.7. The number of nitrogens with two attached hydrogens (primary N) is 1. The van der Waals surface area contributed by atoms with E-state index in [1.807, 2.05) is 19.9 Å². The fourth-order valence-corrected chi connectivity index (χ4v) is 3.57. The van der Waals surface area contributed by atoms with Crippen LogP contribution in [0.3, 0.4) is 0 Å². The van der Waals surface area contributed by atoms with Gasteiger partial charge in [0, 0.05) is 0 Å². The van der Waals surface area contributed by atoms with Crippen molar-refractivity contribution in [2.75, 3.05) is 5.73 Å². The third-order valence-electron chi connectivity index (χ3n) is 5.59. The van der Waals surface area contributed by atoms with Crippen LogP contribution >= 0.6 is 0 Å². The highest BCUT2D eigenvalue weighted by molar-refractivity contribution is 5.78. The molecule has 2 nitrogen and oxygen atoms in total. The molecular weight excluding hydrogens is 330 g/mol. The summed E-state index contributed by atoms with van der Waals surface area (Å²) in [6, 6.07) is 6.13. The van der Waals surface area contributed by atoms with E-state index in [-0.39, 0.29) is 6.10 Å². The van der Waals surface area contributed by atoms with Gasteiger partial charge in [0.05, 0.1) is 11.8 Å². The molecule has 2 aliphatic rings. The van der Waals surface area contributed by atoms with Gasteiger partial charge < -0.3 is 10.5 Å². The Hall–Kier alpha value is -1.96. The summed E-state index contributed by atoms with van der Waals surface area (Å²) in [5, 5.41) is 0. The zero-order valence-electron chi connectivity index (χ0n) is 17.8. The number of allylic oxidation sites excluding steroid dienone is 6. The first-order valence-electron chi connectivity index (χ1n) is 10.7. The first-order chi connectivity index (χ1) is 13.1. The van der Waals surface area contributed by atoms with Gasteiger partial charge >= 0.3 is 0 Å². The van der Waals surface area contributed by atoms with Crippen LogP contribution in [0.5, 0.6) is 5.75 Å². The quantitative estimate of drug-likeness (QED) is 0.566. The van der Waals surface area contributed by atoms with Gasteiger partial charge in [0.15, 0.2) is 0 Å². The number of hydrogen-bond donors (Lipinski definition) is 1. The summed E-state index contributed by atoms with van der Waals surface area (Å²) in [6.45, 7) is 10.6. The van der Waals surface area contributed by atoms with E-state index >= 15 is 0 Å². The van der Waals surface area contributed by atoms with E-state index in [9.17, 15) is 0 Å². The van der Waals surface area contributed by atoms with Crippen LogP contribution in [0.4, 0.5) is 5.69 Å². The molecule has 1 aromatic rings. The highest BCUT2D eigenvalue weighted by Gasteiger charge is 2.16. The summed E-state index contributed by atoms with van der Waals surface area (Å²) in [5.74, 6) is 1.69. The van der Waals surface area contributed by atoms with Gasteiger partial charge in [0.1, 0.15) is 5.75 Å². The third-order valence-corrected chi connectivity index (χ3v) is 5.59. The predicted molar refractivity (Wildman–Crippen MR) is 119 cm³/mol. The van der Waals surface area contributed by atoms with Crippen molar-refractivity contribution in [2.24, 2.45) is 5.92 Å². The lowest BCUT2D eigenvalue weighted by Crippen LogP contribution is -2.11. The summed E-state index contributed by atoms with van der Waals surface area (Å²) < 4.78 is 5.97. The lowest BCUT2D eigenvalue weighted by Gasteiger charge is -2.23. The minimum atomic E-state index is 0.179. The lowest BCUT2D eigenvalue weighted by atomic mass is 9.82. The molecule has 0 radical (unpaired) electrons. The molecule has 1 aromatic carbocycles. The van der Waals surface area contributed by atoms with Gasteiger partial charge in [-0.15, -0.1) is 0 Å². The van der Waals surface area contributed by atoms with Gasteiger partial charge in [-0.1, -0.05) is 57.6 Å². The normalized spacial score (nSPS) is 20.5. The summed E-state index contributed by atoms with van der Waals surface area (Å²) in [5.41, 5.74) is 12.4. The van der Waals surface area contributed by atoms with Crippen molar-refractivity contribution < 1.29 is 4.74 Å². The Labute approximate surface area is 166 Å². The Morgan fingerprint density at radius 3 is 2.44 bits per heavy atom. The van der Waals surface area contributed by atoms with Gasteiger partial charge in [-0.3, -0.25) is 0 Å². The molecule has 2 aliphatic carbocycles. The minimum absolute atomic E-state index is 0.179. The predicted octanol–water partition coefficient (Wildman–Crippen LogP) is 7.32. The smallest absolute Gasteiger partial charge is 0.143 e. The van der Waals surface area contributed by atoms with Crippen LogP contribution in [0.15, 0.2) is 47.6 Å². The molecule has 0 aromatic heterocycles. The zero-order valence-corrected chi connectivity index (χ0v) is 17.8. The van der Waals surface area contributed by atoms with Gasteiger partial charge in [0.25, 0.3) is 0 Å². The van der Waals surface area contributed by atoms with Gasteiger partial charge in [-0.2, -0.15) is 0 Å². The summed E-state index contributed by atoms with van der Waals surface area (Å²) >= 11 is 0. The average Bonchev–Trinajstić information content (AvgIpc) is 2.72. The van der Waals surface area contributed by atoms with Crippen LogP contribution in [-0.2, 0) is 0 Å². The van der Waals surface area contributed by atoms with Crippen molar-refractivity contribution in [3.63, 3.8) is 0 Å². The molecule has 27 heavy (non-hydrogen) atoms. The summed E-state index contributed by atoms with van der Waals surface area (Å²) in [7, 11) is 0. The second-order valence-electron chi connectivity index (χ2n) is 7.60. The zero-order chi connectivity index (χ0) is 19.8. The molecule has 0 amide bonds. The first kappa shape index (κ1) is 21.3. The fourth-order valence-electron chi connectivity index (χ4n) is 3.57. The maximum atomic E-state index is 6.08. The molecule has 2 N–H and O–H groups in total. The second kappa shape index (κ2) is 10.4. The number of benzene rings is 1. The number of nitrogen functional groups attached to an aromatic ring is 1. The van der Waals surface area contributed by atoms with Crippen LogP contribution in [0.25, 0.3) is 5.57 Å². The largest absolute Gasteiger partial charge is 0.489 e. The number of anilines is 1. The highest BCUT2D eigenvalue weighted by Crippen LogP contribution is 2.35. The maximum Gasteiger partial charge on any atom is 0.143 e. The van der Waals surface area contributed by atoms with Gasteiger partial charge in [0.2, 0.25) is 0 Å². The van der Waals surface area contributed by atoms with E-state index < -0.39 is 0 Å². The SMILES string of the molecule is CC.CCC(C)Oc1cc(C2=CCC(=C3CCC(C)CC3)C=C2)ccc1N. The molecule has 1 saturated carbocycles. The Bertz CT molecular complexity index is 701. The molecule has 0 spiro atoms. The Morgan fingerprint density at radius 1 is 1.15 bits per heavy atom. The maximum absolute atomic E-state index is 6.08. The molecule has 0 aliphatic heterocycles. The molecule has 0 heterocycles. The molecule has 1 fully saturated rings. The Kier molecular flexibility index (Phi) is 8.22. The minimum Gasteiger partial charge on any atom is -0.489 e. The van der Waals surface area contributed by atoms with Crippen molar-refractivity contribution >= 4 is 11.3 Å². The van der Waals surface area contributed by atoms with Crippen LogP contribution in [-0.4, -0.2) is 6.10 Å². The number of rotatable bonds is 4. The monoisotopic (exact) mass is 367 g/mol. The van der Waals surface area contributed by atoms with E-state index in [1.54, 1.807) is 5.57 Å².